The Morgan fingerprint density at radius 3 is 2.28 bits per heavy atom. The fourth-order valence-electron chi connectivity index (χ4n) is 2.98. The van der Waals surface area contributed by atoms with Gasteiger partial charge in [0.2, 0.25) is 5.91 Å². The Morgan fingerprint density at radius 2 is 1.83 bits per heavy atom. The highest BCUT2D eigenvalue weighted by atomic mass is 16.1. The number of carbonyl (C=O) groups is 1. The molecule has 98 valence electrons. The van der Waals surface area contributed by atoms with Gasteiger partial charge in [-0.3, -0.25) is 4.79 Å². The van der Waals surface area contributed by atoms with Gasteiger partial charge >= 0.3 is 0 Å². The lowest BCUT2D eigenvalue weighted by molar-refractivity contribution is -0.125. The molecule has 1 saturated carbocycles. The van der Waals surface area contributed by atoms with E-state index < -0.39 is 5.54 Å². The van der Waals surface area contributed by atoms with Crippen LogP contribution in [-0.2, 0) is 4.79 Å². The van der Waals surface area contributed by atoms with Crippen LogP contribution in [0.15, 0.2) is 24.3 Å². The molecule has 1 amide bonds. The van der Waals surface area contributed by atoms with Crippen LogP contribution in [-0.4, -0.2) is 11.4 Å². The highest BCUT2D eigenvalue weighted by Crippen LogP contribution is 2.47. The molecule has 0 spiro atoms. The molecule has 1 aliphatic rings. The quantitative estimate of drug-likeness (QED) is 0.861. The number of carbonyl (C=O) groups excluding carboxylic acids is 1. The van der Waals surface area contributed by atoms with Crippen LogP contribution >= 0.6 is 0 Å². The Morgan fingerprint density at radius 1 is 1.22 bits per heavy atom. The number of hydrogen-bond acceptors (Lipinski definition) is 2. The number of amides is 1. The fourth-order valence-corrected chi connectivity index (χ4v) is 2.98. The van der Waals surface area contributed by atoms with Gasteiger partial charge in [-0.25, -0.2) is 0 Å². The predicted octanol–water partition coefficient (Wildman–Crippen LogP) is 2.84. The molecule has 1 aromatic carbocycles. The number of rotatable bonds is 3. The molecule has 3 heteroatoms. The van der Waals surface area contributed by atoms with E-state index in [2.05, 4.69) is 19.2 Å². The van der Waals surface area contributed by atoms with Crippen molar-refractivity contribution < 1.29 is 4.79 Å². The summed E-state index contributed by atoms with van der Waals surface area (Å²) >= 11 is 0. The number of hydrogen-bond donors (Lipinski definition) is 2. The molecule has 1 atom stereocenters. The summed E-state index contributed by atoms with van der Waals surface area (Å²) in [6.45, 7) is 6.28. The minimum absolute atomic E-state index is 0.107. The van der Waals surface area contributed by atoms with E-state index in [0.717, 1.165) is 24.9 Å². The van der Waals surface area contributed by atoms with Gasteiger partial charge in [0.15, 0.2) is 0 Å². The minimum Gasteiger partial charge on any atom is -0.371 e. The van der Waals surface area contributed by atoms with Crippen molar-refractivity contribution >= 4 is 11.6 Å². The van der Waals surface area contributed by atoms with Crippen LogP contribution in [0, 0.1) is 12.3 Å². The van der Waals surface area contributed by atoms with Gasteiger partial charge in [-0.1, -0.05) is 31.5 Å². The van der Waals surface area contributed by atoms with Gasteiger partial charge in [-0.05, 0) is 43.7 Å². The summed E-state index contributed by atoms with van der Waals surface area (Å²) in [5.41, 5.74) is 7.13. The monoisotopic (exact) mass is 246 g/mol. The maximum Gasteiger partial charge on any atom is 0.243 e. The molecule has 3 N–H and O–H groups in total. The van der Waals surface area contributed by atoms with Crippen molar-refractivity contribution in [1.82, 2.24) is 0 Å². The smallest absolute Gasteiger partial charge is 0.243 e. The zero-order chi connectivity index (χ0) is 13.4. The summed E-state index contributed by atoms with van der Waals surface area (Å²) in [6.07, 6.45) is 2.87. The summed E-state index contributed by atoms with van der Waals surface area (Å²) < 4.78 is 0. The normalized spacial score (nSPS) is 25.9. The van der Waals surface area contributed by atoms with Crippen molar-refractivity contribution in [3.05, 3.63) is 29.8 Å². The molecule has 3 nitrogen and oxygen atoms in total. The zero-order valence-corrected chi connectivity index (χ0v) is 11.4. The van der Waals surface area contributed by atoms with E-state index in [1.54, 1.807) is 0 Å². The van der Waals surface area contributed by atoms with Gasteiger partial charge in [-0.15, -0.1) is 0 Å². The van der Waals surface area contributed by atoms with Crippen molar-refractivity contribution in [2.75, 3.05) is 5.32 Å². The lowest BCUT2D eigenvalue weighted by Gasteiger charge is -2.40. The first-order chi connectivity index (χ1) is 8.37. The second-order valence-corrected chi connectivity index (χ2v) is 6.00. The van der Waals surface area contributed by atoms with Crippen molar-refractivity contribution in [2.24, 2.45) is 11.1 Å². The van der Waals surface area contributed by atoms with Gasteiger partial charge in [0, 0.05) is 5.69 Å². The number of nitrogens with one attached hydrogen (secondary N) is 1. The summed E-state index contributed by atoms with van der Waals surface area (Å²) in [5.74, 6) is -0.245. The van der Waals surface area contributed by atoms with Crippen LogP contribution in [0.1, 0.15) is 38.7 Å². The third-order valence-electron chi connectivity index (χ3n) is 4.34. The van der Waals surface area contributed by atoms with Crippen molar-refractivity contribution in [3.8, 4) is 0 Å². The number of primary amides is 1. The average molecular weight is 246 g/mol. The molecule has 1 unspecified atom stereocenters. The first-order valence-corrected chi connectivity index (χ1v) is 6.52. The highest BCUT2D eigenvalue weighted by Gasteiger charge is 2.53. The SMILES string of the molecule is Cc1ccc(NC2(C(N)=O)CCCC2(C)C)cc1. The molecule has 0 bridgehead atoms. The molecule has 0 radical (unpaired) electrons. The number of anilines is 1. The van der Waals surface area contributed by atoms with Crippen LogP contribution in [0.4, 0.5) is 5.69 Å². The van der Waals surface area contributed by atoms with Crippen molar-refractivity contribution in [3.63, 3.8) is 0 Å². The molecule has 1 aliphatic carbocycles. The first kappa shape index (κ1) is 12.9. The molecular weight excluding hydrogens is 224 g/mol. The summed E-state index contributed by atoms with van der Waals surface area (Å²) in [6, 6.07) is 8.10. The predicted molar refractivity (Wildman–Crippen MR) is 74.4 cm³/mol. The van der Waals surface area contributed by atoms with E-state index >= 15 is 0 Å². The molecule has 0 saturated heterocycles. The third kappa shape index (κ3) is 1.98. The molecule has 18 heavy (non-hydrogen) atoms. The number of aryl methyl sites for hydroxylation is 1. The molecule has 1 fully saturated rings. The van der Waals surface area contributed by atoms with Gasteiger partial charge in [0.1, 0.15) is 5.54 Å². The van der Waals surface area contributed by atoms with Crippen LogP contribution in [0.25, 0.3) is 0 Å². The van der Waals surface area contributed by atoms with Gasteiger partial charge in [0.05, 0.1) is 0 Å². The Hall–Kier alpha value is -1.51. The van der Waals surface area contributed by atoms with Crippen LogP contribution < -0.4 is 11.1 Å². The topological polar surface area (TPSA) is 55.1 Å². The highest BCUT2D eigenvalue weighted by molar-refractivity contribution is 5.89. The molecule has 2 rings (SSSR count). The van der Waals surface area contributed by atoms with Gasteiger partial charge in [-0.2, -0.15) is 0 Å². The van der Waals surface area contributed by atoms with E-state index in [1.807, 2.05) is 31.2 Å². The standard InChI is InChI=1S/C15H22N2O/c1-11-5-7-12(8-6-11)17-15(13(16)18)10-4-9-14(15,2)3/h5-8,17H,4,9-10H2,1-3H3,(H2,16,18). The lowest BCUT2D eigenvalue weighted by Crippen LogP contribution is -2.57. The van der Waals surface area contributed by atoms with E-state index in [0.29, 0.717) is 0 Å². The fraction of sp³-hybridized carbons (Fsp3) is 0.533. The summed E-state index contributed by atoms with van der Waals surface area (Å²) in [4.78, 5) is 12.0. The van der Waals surface area contributed by atoms with E-state index in [1.165, 1.54) is 5.56 Å². The Kier molecular flexibility index (Phi) is 3.09. The maximum absolute atomic E-state index is 12.0. The molecular formula is C15H22N2O. The van der Waals surface area contributed by atoms with E-state index in [9.17, 15) is 4.79 Å². The number of benzene rings is 1. The first-order valence-electron chi connectivity index (χ1n) is 6.52. The zero-order valence-electron chi connectivity index (χ0n) is 11.4. The van der Waals surface area contributed by atoms with Gasteiger partial charge in [0.25, 0.3) is 0 Å². The van der Waals surface area contributed by atoms with Gasteiger partial charge < -0.3 is 11.1 Å². The lowest BCUT2D eigenvalue weighted by atomic mass is 9.74. The van der Waals surface area contributed by atoms with E-state index in [4.69, 9.17) is 5.73 Å². The molecule has 0 heterocycles. The van der Waals surface area contributed by atoms with Crippen molar-refractivity contribution in [2.45, 2.75) is 45.6 Å². The van der Waals surface area contributed by atoms with E-state index in [-0.39, 0.29) is 11.3 Å². The van der Waals surface area contributed by atoms with Crippen molar-refractivity contribution in [1.29, 1.82) is 0 Å². The second-order valence-electron chi connectivity index (χ2n) is 6.00. The largest absolute Gasteiger partial charge is 0.371 e. The second kappa shape index (κ2) is 4.30. The average Bonchev–Trinajstić information content (AvgIpc) is 2.58. The van der Waals surface area contributed by atoms with Crippen LogP contribution in [0.2, 0.25) is 0 Å². The minimum atomic E-state index is -0.623. The Labute approximate surface area is 109 Å². The Balaban J connectivity index is 2.33. The summed E-state index contributed by atoms with van der Waals surface area (Å²) in [5, 5.41) is 3.40. The summed E-state index contributed by atoms with van der Waals surface area (Å²) in [7, 11) is 0. The Bertz CT molecular complexity index is 450. The maximum atomic E-state index is 12.0. The van der Waals surface area contributed by atoms with Crippen LogP contribution in [0.3, 0.4) is 0 Å². The third-order valence-corrected chi connectivity index (χ3v) is 4.34. The number of nitrogens with two attached hydrogens (primary N) is 1. The van der Waals surface area contributed by atoms with Crippen LogP contribution in [0.5, 0.6) is 0 Å². The molecule has 0 aromatic heterocycles. The molecule has 0 aliphatic heterocycles. The molecule has 1 aromatic rings.